The van der Waals surface area contributed by atoms with Gasteiger partial charge in [-0.05, 0) is 31.0 Å². The molecule has 0 spiro atoms. The summed E-state index contributed by atoms with van der Waals surface area (Å²) in [5, 5.41) is 0. The quantitative estimate of drug-likeness (QED) is 0.773. The van der Waals surface area contributed by atoms with Crippen LogP contribution in [0, 0.1) is 19.7 Å². The van der Waals surface area contributed by atoms with Crippen molar-refractivity contribution in [3.05, 3.63) is 65.0 Å². The van der Waals surface area contributed by atoms with E-state index in [-0.39, 0.29) is 5.82 Å². The first-order valence-electron chi connectivity index (χ1n) is 5.59. The van der Waals surface area contributed by atoms with Gasteiger partial charge >= 0.3 is 0 Å². The lowest BCUT2D eigenvalue weighted by Crippen LogP contribution is -1.97. The minimum absolute atomic E-state index is 0.269. The number of aryl methyl sites for hydroxylation is 2. The van der Waals surface area contributed by atoms with Crippen molar-refractivity contribution in [1.82, 2.24) is 0 Å². The van der Waals surface area contributed by atoms with Gasteiger partial charge in [-0.1, -0.05) is 35.9 Å². The molecule has 2 aromatic rings. The largest absolute Gasteiger partial charge is 0.489 e. The van der Waals surface area contributed by atoms with Crippen LogP contribution in [0.15, 0.2) is 42.5 Å². The van der Waals surface area contributed by atoms with Crippen molar-refractivity contribution >= 4 is 0 Å². The van der Waals surface area contributed by atoms with Gasteiger partial charge in [-0.2, -0.15) is 0 Å². The molecule has 88 valence electrons. The van der Waals surface area contributed by atoms with Crippen molar-refractivity contribution < 1.29 is 9.13 Å². The van der Waals surface area contributed by atoms with Crippen LogP contribution in [0.2, 0.25) is 0 Å². The third-order valence-electron chi connectivity index (χ3n) is 2.63. The SMILES string of the molecule is Cc1cccc(COc2cc(F)ccc2C)c1. The predicted molar refractivity (Wildman–Crippen MR) is 66.6 cm³/mol. The summed E-state index contributed by atoms with van der Waals surface area (Å²) >= 11 is 0. The molecule has 0 unspecified atom stereocenters. The van der Waals surface area contributed by atoms with Crippen LogP contribution < -0.4 is 4.74 Å². The Morgan fingerprint density at radius 1 is 1.06 bits per heavy atom. The van der Waals surface area contributed by atoms with E-state index in [1.165, 1.54) is 17.7 Å². The highest BCUT2D eigenvalue weighted by molar-refractivity contribution is 5.33. The summed E-state index contributed by atoms with van der Waals surface area (Å²) in [7, 11) is 0. The van der Waals surface area contributed by atoms with Gasteiger partial charge in [0.15, 0.2) is 0 Å². The molecule has 0 aliphatic carbocycles. The molecule has 0 heterocycles. The van der Waals surface area contributed by atoms with E-state index in [1.54, 1.807) is 6.07 Å². The highest BCUT2D eigenvalue weighted by Gasteiger charge is 2.02. The Morgan fingerprint density at radius 2 is 1.88 bits per heavy atom. The van der Waals surface area contributed by atoms with E-state index in [0.717, 1.165) is 11.1 Å². The number of halogens is 1. The Morgan fingerprint density at radius 3 is 2.65 bits per heavy atom. The number of benzene rings is 2. The predicted octanol–water partition coefficient (Wildman–Crippen LogP) is 4.02. The summed E-state index contributed by atoms with van der Waals surface area (Å²) in [5.74, 6) is 0.335. The molecule has 2 rings (SSSR count). The van der Waals surface area contributed by atoms with Crippen molar-refractivity contribution in [2.45, 2.75) is 20.5 Å². The highest BCUT2D eigenvalue weighted by Crippen LogP contribution is 2.20. The van der Waals surface area contributed by atoms with Crippen LogP contribution in [0.25, 0.3) is 0 Å². The summed E-state index contributed by atoms with van der Waals surface area (Å²) in [4.78, 5) is 0. The molecule has 0 fully saturated rings. The van der Waals surface area contributed by atoms with Gasteiger partial charge < -0.3 is 4.74 Å². The average Bonchev–Trinajstić information content (AvgIpc) is 2.30. The normalized spacial score (nSPS) is 10.3. The topological polar surface area (TPSA) is 9.23 Å². The van der Waals surface area contributed by atoms with E-state index in [4.69, 9.17) is 4.74 Å². The number of hydrogen-bond donors (Lipinski definition) is 0. The molecule has 0 aromatic heterocycles. The fourth-order valence-corrected chi connectivity index (χ4v) is 1.69. The minimum Gasteiger partial charge on any atom is -0.489 e. The van der Waals surface area contributed by atoms with Crippen molar-refractivity contribution in [1.29, 1.82) is 0 Å². The molecule has 0 amide bonds. The Balaban J connectivity index is 2.09. The van der Waals surface area contributed by atoms with Crippen LogP contribution >= 0.6 is 0 Å². The number of rotatable bonds is 3. The first kappa shape index (κ1) is 11.6. The zero-order valence-corrected chi connectivity index (χ0v) is 10.0. The number of hydrogen-bond acceptors (Lipinski definition) is 1. The second-order valence-electron chi connectivity index (χ2n) is 4.19. The molecule has 0 aliphatic heterocycles. The van der Waals surface area contributed by atoms with Crippen LogP contribution in [0.1, 0.15) is 16.7 Å². The second-order valence-corrected chi connectivity index (χ2v) is 4.19. The monoisotopic (exact) mass is 230 g/mol. The van der Waals surface area contributed by atoms with E-state index < -0.39 is 0 Å². The first-order valence-corrected chi connectivity index (χ1v) is 5.59. The molecule has 0 saturated heterocycles. The molecule has 0 N–H and O–H groups in total. The number of ether oxygens (including phenoxy) is 1. The summed E-state index contributed by atoms with van der Waals surface area (Å²) in [5.41, 5.74) is 3.23. The van der Waals surface area contributed by atoms with Crippen molar-refractivity contribution in [2.75, 3.05) is 0 Å². The zero-order valence-electron chi connectivity index (χ0n) is 10.0. The first-order chi connectivity index (χ1) is 8.15. The lowest BCUT2D eigenvalue weighted by molar-refractivity contribution is 0.302. The zero-order chi connectivity index (χ0) is 12.3. The molecular formula is C15H15FO. The van der Waals surface area contributed by atoms with Gasteiger partial charge in [0.1, 0.15) is 18.2 Å². The van der Waals surface area contributed by atoms with E-state index in [1.807, 2.05) is 32.0 Å². The molecule has 17 heavy (non-hydrogen) atoms. The molecular weight excluding hydrogens is 215 g/mol. The fourth-order valence-electron chi connectivity index (χ4n) is 1.69. The maximum absolute atomic E-state index is 13.1. The lowest BCUT2D eigenvalue weighted by Gasteiger charge is -2.09. The summed E-state index contributed by atoms with van der Waals surface area (Å²) in [6.45, 7) is 4.41. The van der Waals surface area contributed by atoms with Gasteiger partial charge in [0.05, 0.1) is 0 Å². The Hall–Kier alpha value is -1.83. The molecule has 2 aromatic carbocycles. The van der Waals surface area contributed by atoms with Crippen LogP contribution in [0.3, 0.4) is 0 Å². The average molecular weight is 230 g/mol. The van der Waals surface area contributed by atoms with Crippen molar-refractivity contribution in [3.63, 3.8) is 0 Å². The van der Waals surface area contributed by atoms with E-state index >= 15 is 0 Å². The minimum atomic E-state index is -0.269. The second kappa shape index (κ2) is 5.00. The molecule has 0 radical (unpaired) electrons. The van der Waals surface area contributed by atoms with Gasteiger partial charge in [-0.25, -0.2) is 4.39 Å². The molecule has 0 atom stereocenters. The Labute approximate surface area is 101 Å². The summed E-state index contributed by atoms with van der Waals surface area (Å²) < 4.78 is 18.7. The molecule has 0 aliphatic rings. The van der Waals surface area contributed by atoms with Crippen molar-refractivity contribution in [2.24, 2.45) is 0 Å². The van der Waals surface area contributed by atoms with Gasteiger partial charge in [0.25, 0.3) is 0 Å². The van der Waals surface area contributed by atoms with Gasteiger partial charge in [0.2, 0.25) is 0 Å². The summed E-state index contributed by atoms with van der Waals surface area (Å²) in [6, 6.07) is 12.7. The van der Waals surface area contributed by atoms with Crippen LogP contribution in [-0.2, 0) is 6.61 Å². The Bertz CT molecular complexity index is 520. The maximum atomic E-state index is 13.1. The van der Waals surface area contributed by atoms with E-state index in [9.17, 15) is 4.39 Å². The molecule has 2 heteroatoms. The maximum Gasteiger partial charge on any atom is 0.126 e. The van der Waals surface area contributed by atoms with Crippen LogP contribution in [-0.4, -0.2) is 0 Å². The van der Waals surface area contributed by atoms with E-state index in [0.29, 0.717) is 12.4 Å². The third-order valence-corrected chi connectivity index (χ3v) is 2.63. The third kappa shape index (κ3) is 3.06. The molecule has 0 saturated carbocycles. The van der Waals surface area contributed by atoms with Crippen LogP contribution in [0.4, 0.5) is 4.39 Å². The van der Waals surface area contributed by atoms with Crippen LogP contribution in [0.5, 0.6) is 5.75 Å². The van der Waals surface area contributed by atoms with Crippen molar-refractivity contribution in [3.8, 4) is 5.75 Å². The molecule has 0 bridgehead atoms. The molecule has 1 nitrogen and oxygen atoms in total. The standard InChI is InChI=1S/C15H15FO/c1-11-4-3-5-13(8-11)10-17-15-9-14(16)7-6-12(15)2/h3-9H,10H2,1-2H3. The fraction of sp³-hybridized carbons (Fsp3) is 0.200. The Kier molecular flexibility index (Phi) is 3.43. The van der Waals surface area contributed by atoms with E-state index in [2.05, 4.69) is 6.07 Å². The lowest BCUT2D eigenvalue weighted by atomic mass is 10.1. The van der Waals surface area contributed by atoms with Gasteiger partial charge in [-0.3, -0.25) is 0 Å². The van der Waals surface area contributed by atoms with Gasteiger partial charge in [0, 0.05) is 6.07 Å². The summed E-state index contributed by atoms with van der Waals surface area (Å²) in [6.07, 6.45) is 0. The van der Waals surface area contributed by atoms with Gasteiger partial charge in [-0.15, -0.1) is 0 Å². The smallest absolute Gasteiger partial charge is 0.126 e. The highest BCUT2D eigenvalue weighted by atomic mass is 19.1.